The summed E-state index contributed by atoms with van der Waals surface area (Å²) >= 11 is -2.02. The van der Waals surface area contributed by atoms with E-state index in [-0.39, 0.29) is 5.41 Å². The van der Waals surface area contributed by atoms with Crippen LogP contribution < -0.4 is 4.40 Å². The van der Waals surface area contributed by atoms with Crippen LogP contribution in [0.2, 0.25) is 15.8 Å². The van der Waals surface area contributed by atoms with Gasteiger partial charge in [0, 0.05) is 0 Å². The molecule has 3 heterocycles. The molecule has 0 amide bonds. The van der Waals surface area contributed by atoms with E-state index in [1.165, 1.54) is 25.7 Å². The molecule has 4 heteroatoms. The quantitative estimate of drug-likeness (QED) is 0.203. The van der Waals surface area contributed by atoms with Crippen LogP contribution in [0.15, 0.2) is 83.4 Å². The molecular weight excluding hydrogens is 489 g/mol. The fourth-order valence-electron chi connectivity index (χ4n) is 5.46. The van der Waals surface area contributed by atoms with E-state index in [4.69, 9.17) is 14.4 Å². The van der Waals surface area contributed by atoms with Gasteiger partial charge in [-0.05, 0) is 0 Å². The molecule has 0 spiro atoms. The number of aromatic nitrogens is 2. The van der Waals surface area contributed by atoms with E-state index >= 15 is 0 Å². The molecule has 2 aromatic carbocycles. The molecule has 0 aliphatic carbocycles. The van der Waals surface area contributed by atoms with Gasteiger partial charge in [0.1, 0.15) is 0 Å². The standard InChI is InChI=1S/C31H34GeN2O/c1-6-32(7-2,8-3)23-17-19-27(33-21-23)26-16-12-15-24-25-18-20-28(34-30(25)35-29(24)26)31(4,5)22-13-10-9-11-14-22/h9-21H,6-8H2,1-5H3. The maximum atomic E-state index is 6.43. The number of pyridine rings is 2. The van der Waals surface area contributed by atoms with Gasteiger partial charge in [-0.3, -0.25) is 0 Å². The summed E-state index contributed by atoms with van der Waals surface area (Å²) in [7, 11) is 0. The summed E-state index contributed by atoms with van der Waals surface area (Å²) in [5.74, 6) is 0. The Labute approximate surface area is 211 Å². The van der Waals surface area contributed by atoms with Crippen molar-refractivity contribution in [2.75, 3.05) is 0 Å². The zero-order valence-corrected chi connectivity index (χ0v) is 23.5. The van der Waals surface area contributed by atoms with E-state index in [2.05, 4.69) is 108 Å². The summed E-state index contributed by atoms with van der Waals surface area (Å²) in [6.45, 7) is 11.5. The molecule has 0 saturated carbocycles. The first-order valence-electron chi connectivity index (χ1n) is 12.8. The Morgan fingerprint density at radius 1 is 0.771 bits per heavy atom. The van der Waals surface area contributed by atoms with E-state index < -0.39 is 13.3 Å². The number of rotatable bonds is 7. The first-order chi connectivity index (χ1) is 16.9. The number of hydrogen-bond donors (Lipinski definition) is 0. The van der Waals surface area contributed by atoms with Crippen LogP contribution in [0.25, 0.3) is 33.3 Å². The van der Waals surface area contributed by atoms with Crippen LogP contribution in [-0.4, -0.2) is 23.2 Å². The number of nitrogens with zero attached hydrogens (tertiary/aromatic N) is 2. The number of fused-ring (bicyclic) bond motifs is 3. The summed E-state index contributed by atoms with van der Waals surface area (Å²) in [5.41, 5.74) is 5.55. The molecule has 5 aromatic rings. The van der Waals surface area contributed by atoms with Crippen LogP contribution in [0.4, 0.5) is 0 Å². The minimum absolute atomic E-state index is 0.218. The maximum absolute atomic E-state index is 6.43. The van der Waals surface area contributed by atoms with E-state index in [1.54, 1.807) is 0 Å². The summed E-state index contributed by atoms with van der Waals surface area (Å²) < 4.78 is 7.94. The van der Waals surface area contributed by atoms with Crippen LogP contribution in [0.3, 0.4) is 0 Å². The molecule has 0 unspecified atom stereocenters. The topological polar surface area (TPSA) is 38.9 Å². The zero-order chi connectivity index (χ0) is 24.6. The monoisotopic (exact) mass is 524 g/mol. The third-order valence-corrected chi connectivity index (χ3v) is 19.9. The Morgan fingerprint density at radius 3 is 2.17 bits per heavy atom. The second-order valence-electron chi connectivity index (χ2n) is 10.1. The van der Waals surface area contributed by atoms with Crippen LogP contribution in [0, 0.1) is 0 Å². The molecule has 3 aromatic heterocycles. The van der Waals surface area contributed by atoms with Crippen molar-refractivity contribution in [3.8, 4) is 11.3 Å². The Hall–Kier alpha value is -2.92. The second kappa shape index (κ2) is 9.27. The molecule has 0 fully saturated rings. The van der Waals surface area contributed by atoms with Gasteiger partial charge in [-0.2, -0.15) is 0 Å². The summed E-state index contributed by atoms with van der Waals surface area (Å²) in [4.78, 5) is 9.94. The van der Waals surface area contributed by atoms with Gasteiger partial charge >= 0.3 is 181 Å². The molecule has 0 N–H and O–H groups in total. The SMILES string of the molecule is C[CH2][Ge]([CH2]C)([CH2]C)[c]1ccc(-c2cccc3c2oc2nc(C(C)(C)c4ccccc4)ccc23)nc1. The Balaban J connectivity index is 1.59. The normalized spacial score (nSPS) is 12.5. The Bertz CT molecular complexity index is 1460. The van der Waals surface area contributed by atoms with Crippen molar-refractivity contribution in [1.29, 1.82) is 0 Å². The Kier molecular flexibility index (Phi) is 6.31. The molecule has 35 heavy (non-hydrogen) atoms. The first kappa shape index (κ1) is 23.8. The fraction of sp³-hybridized carbons (Fsp3) is 0.290. The number of para-hydroxylation sites is 1. The molecule has 0 bridgehead atoms. The zero-order valence-electron chi connectivity index (χ0n) is 21.4. The van der Waals surface area contributed by atoms with Gasteiger partial charge in [0.05, 0.1) is 0 Å². The molecule has 5 rings (SSSR count). The van der Waals surface area contributed by atoms with Crippen molar-refractivity contribution in [1.82, 2.24) is 9.97 Å². The van der Waals surface area contributed by atoms with Gasteiger partial charge in [-0.25, -0.2) is 0 Å². The number of furan rings is 1. The third-order valence-electron chi connectivity index (χ3n) is 8.18. The summed E-state index contributed by atoms with van der Waals surface area (Å²) in [6.07, 6.45) is 2.14. The molecule has 0 aliphatic heterocycles. The van der Waals surface area contributed by atoms with Crippen molar-refractivity contribution in [2.45, 2.75) is 55.8 Å². The van der Waals surface area contributed by atoms with Crippen LogP contribution in [-0.2, 0) is 5.41 Å². The molecule has 3 nitrogen and oxygen atoms in total. The molecule has 0 radical (unpaired) electrons. The van der Waals surface area contributed by atoms with Gasteiger partial charge in [-0.15, -0.1) is 0 Å². The third kappa shape index (κ3) is 4.00. The molecular formula is C31H34GeN2O. The molecule has 0 aliphatic rings. The average Bonchev–Trinajstić information content (AvgIpc) is 3.29. The van der Waals surface area contributed by atoms with Crippen molar-refractivity contribution in [3.05, 3.63) is 90.3 Å². The molecule has 0 saturated heterocycles. The summed E-state index contributed by atoms with van der Waals surface area (Å²) in [6, 6.07) is 25.7. The van der Waals surface area contributed by atoms with Gasteiger partial charge in [0.2, 0.25) is 0 Å². The number of hydrogen-bond acceptors (Lipinski definition) is 3. The van der Waals surface area contributed by atoms with E-state index in [0.717, 1.165) is 33.3 Å². The van der Waals surface area contributed by atoms with Crippen LogP contribution in [0.1, 0.15) is 45.9 Å². The van der Waals surface area contributed by atoms with Gasteiger partial charge in [0.25, 0.3) is 0 Å². The van der Waals surface area contributed by atoms with E-state index in [9.17, 15) is 0 Å². The van der Waals surface area contributed by atoms with Gasteiger partial charge < -0.3 is 0 Å². The second-order valence-corrected chi connectivity index (χ2v) is 21.1. The Morgan fingerprint density at radius 2 is 1.51 bits per heavy atom. The average molecular weight is 523 g/mol. The van der Waals surface area contributed by atoms with Crippen molar-refractivity contribution < 1.29 is 4.42 Å². The van der Waals surface area contributed by atoms with Crippen molar-refractivity contribution >= 4 is 39.7 Å². The fourth-order valence-corrected chi connectivity index (χ4v) is 12.8. The van der Waals surface area contributed by atoms with Crippen LogP contribution >= 0.6 is 0 Å². The van der Waals surface area contributed by atoms with E-state index in [1.807, 2.05) is 6.07 Å². The van der Waals surface area contributed by atoms with Gasteiger partial charge in [-0.1, -0.05) is 30.3 Å². The van der Waals surface area contributed by atoms with Gasteiger partial charge in [0.15, 0.2) is 0 Å². The predicted octanol–water partition coefficient (Wildman–Crippen LogP) is 8.08. The molecule has 178 valence electrons. The van der Waals surface area contributed by atoms with Crippen LogP contribution in [0.5, 0.6) is 0 Å². The number of benzene rings is 2. The predicted molar refractivity (Wildman–Crippen MR) is 150 cm³/mol. The van der Waals surface area contributed by atoms with Crippen molar-refractivity contribution in [2.24, 2.45) is 0 Å². The minimum atomic E-state index is -2.02. The first-order valence-corrected chi connectivity index (χ1v) is 18.3. The van der Waals surface area contributed by atoms with Crippen molar-refractivity contribution in [3.63, 3.8) is 0 Å². The van der Waals surface area contributed by atoms with E-state index in [0.29, 0.717) is 5.71 Å². The molecule has 0 atom stereocenters. The summed E-state index contributed by atoms with van der Waals surface area (Å²) in [5, 5.41) is 6.05.